The number of ether oxygens (including phenoxy) is 2. The highest BCUT2D eigenvalue weighted by molar-refractivity contribution is 5.28. The highest BCUT2D eigenvalue weighted by Crippen LogP contribution is 2.17. The molecule has 4 heteroatoms. The molecule has 0 radical (unpaired) electrons. The molecular formula is C15H25NO3. The summed E-state index contributed by atoms with van der Waals surface area (Å²) in [5.41, 5.74) is 1.23. The fourth-order valence-electron chi connectivity index (χ4n) is 1.76. The topological polar surface area (TPSA) is 50.7 Å². The molecule has 0 heterocycles. The fourth-order valence-corrected chi connectivity index (χ4v) is 1.76. The molecule has 4 nitrogen and oxygen atoms in total. The number of nitrogens with one attached hydrogen (secondary N) is 1. The van der Waals surface area contributed by atoms with Crippen molar-refractivity contribution in [1.82, 2.24) is 5.32 Å². The Labute approximate surface area is 115 Å². The maximum Gasteiger partial charge on any atom is 0.119 e. The largest absolute Gasteiger partial charge is 0.491 e. The van der Waals surface area contributed by atoms with E-state index in [1.807, 2.05) is 24.3 Å². The first-order chi connectivity index (χ1) is 9.17. The van der Waals surface area contributed by atoms with E-state index in [1.54, 1.807) is 7.11 Å². The van der Waals surface area contributed by atoms with Gasteiger partial charge in [0.25, 0.3) is 0 Å². The van der Waals surface area contributed by atoms with Gasteiger partial charge < -0.3 is 19.9 Å². The first-order valence-electron chi connectivity index (χ1n) is 6.80. The Hall–Kier alpha value is -1.10. The van der Waals surface area contributed by atoms with Crippen molar-refractivity contribution in [2.24, 2.45) is 0 Å². The van der Waals surface area contributed by atoms with Gasteiger partial charge in [0.05, 0.1) is 6.61 Å². The summed E-state index contributed by atoms with van der Waals surface area (Å²) >= 11 is 0. The number of hydrogen-bond donors (Lipinski definition) is 2. The first kappa shape index (κ1) is 16.0. The summed E-state index contributed by atoms with van der Waals surface area (Å²) in [6.07, 6.45) is 0.540. The minimum absolute atomic E-state index is 0.247. The monoisotopic (exact) mass is 267 g/mol. The molecule has 0 amide bonds. The predicted molar refractivity (Wildman–Crippen MR) is 76.5 cm³/mol. The maximum absolute atomic E-state index is 9.49. The summed E-state index contributed by atoms with van der Waals surface area (Å²) in [6.45, 7) is 5.85. The zero-order valence-electron chi connectivity index (χ0n) is 12.1. The average molecular weight is 267 g/mol. The van der Waals surface area contributed by atoms with Gasteiger partial charge in [0.1, 0.15) is 18.5 Å². The number of methoxy groups -OCH3 is 1. The van der Waals surface area contributed by atoms with Crippen molar-refractivity contribution in [3.63, 3.8) is 0 Å². The molecule has 1 aromatic carbocycles. The maximum atomic E-state index is 9.49. The molecule has 0 aliphatic carbocycles. The zero-order valence-corrected chi connectivity index (χ0v) is 12.1. The first-order valence-corrected chi connectivity index (χ1v) is 6.80. The van der Waals surface area contributed by atoms with Crippen LogP contribution >= 0.6 is 0 Å². The molecule has 0 aliphatic rings. The van der Waals surface area contributed by atoms with Crippen molar-refractivity contribution in [2.45, 2.75) is 32.4 Å². The Kier molecular flexibility index (Phi) is 7.48. The molecule has 1 aromatic rings. The Bertz CT molecular complexity index is 340. The average Bonchev–Trinajstić information content (AvgIpc) is 2.43. The van der Waals surface area contributed by atoms with Gasteiger partial charge in [0.2, 0.25) is 0 Å². The van der Waals surface area contributed by atoms with Gasteiger partial charge in [-0.3, -0.25) is 0 Å². The summed E-state index contributed by atoms with van der Waals surface area (Å²) in [5.74, 6) is 0.765. The lowest BCUT2D eigenvalue weighted by atomic mass is 10.1. The second-order valence-corrected chi connectivity index (χ2v) is 4.67. The summed E-state index contributed by atoms with van der Waals surface area (Å²) in [6, 6.07) is 8.29. The van der Waals surface area contributed by atoms with Crippen LogP contribution in [0.5, 0.6) is 5.75 Å². The van der Waals surface area contributed by atoms with Crippen molar-refractivity contribution in [1.29, 1.82) is 0 Å². The molecule has 2 atom stereocenters. The van der Waals surface area contributed by atoms with Crippen LogP contribution in [0.1, 0.15) is 31.9 Å². The third kappa shape index (κ3) is 6.05. The number of benzene rings is 1. The number of rotatable bonds is 9. The van der Waals surface area contributed by atoms with Crippen LogP contribution in [0, 0.1) is 0 Å². The lowest BCUT2D eigenvalue weighted by Gasteiger charge is -2.15. The normalized spacial score (nSPS) is 14.1. The predicted octanol–water partition coefficient (Wildman–Crippen LogP) is 2.13. The van der Waals surface area contributed by atoms with Crippen LogP contribution in [0.2, 0.25) is 0 Å². The van der Waals surface area contributed by atoms with Gasteiger partial charge >= 0.3 is 0 Å². The van der Waals surface area contributed by atoms with Crippen LogP contribution in [0.3, 0.4) is 0 Å². The number of hydrogen-bond acceptors (Lipinski definition) is 4. The number of aliphatic hydroxyl groups excluding tert-OH is 1. The smallest absolute Gasteiger partial charge is 0.119 e. The zero-order chi connectivity index (χ0) is 14.1. The van der Waals surface area contributed by atoms with Crippen LogP contribution < -0.4 is 10.1 Å². The summed E-state index contributed by atoms with van der Waals surface area (Å²) in [4.78, 5) is 0. The molecule has 2 N–H and O–H groups in total. The molecule has 19 heavy (non-hydrogen) atoms. The van der Waals surface area contributed by atoms with Gasteiger partial charge in [0, 0.05) is 13.2 Å². The van der Waals surface area contributed by atoms with E-state index >= 15 is 0 Å². The molecule has 0 aliphatic heterocycles. The van der Waals surface area contributed by atoms with Gasteiger partial charge in [-0.25, -0.2) is 0 Å². The molecule has 2 unspecified atom stereocenters. The Balaban J connectivity index is 2.42. The van der Waals surface area contributed by atoms with Gasteiger partial charge in [-0.1, -0.05) is 19.1 Å². The van der Waals surface area contributed by atoms with E-state index in [-0.39, 0.29) is 13.2 Å². The lowest BCUT2D eigenvalue weighted by Crippen LogP contribution is -2.22. The van der Waals surface area contributed by atoms with E-state index in [9.17, 15) is 5.11 Å². The highest BCUT2D eigenvalue weighted by Gasteiger charge is 2.06. The quantitative estimate of drug-likeness (QED) is 0.719. The third-order valence-electron chi connectivity index (χ3n) is 2.88. The summed E-state index contributed by atoms with van der Waals surface area (Å²) in [7, 11) is 1.56. The van der Waals surface area contributed by atoms with Crippen molar-refractivity contribution < 1.29 is 14.6 Å². The van der Waals surface area contributed by atoms with Crippen LogP contribution in [0.25, 0.3) is 0 Å². The second-order valence-electron chi connectivity index (χ2n) is 4.67. The highest BCUT2D eigenvalue weighted by atomic mass is 16.5. The molecule has 0 spiro atoms. The van der Waals surface area contributed by atoms with Crippen molar-refractivity contribution in [3.8, 4) is 5.75 Å². The van der Waals surface area contributed by atoms with E-state index in [0.29, 0.717) is 6.04 Å². The minimum atomic E-state index is -0.588. The Morgan fingerprint density at radius 3 is 2.47 bits per heavy atom. The van der Waals surface area contributed by atoms with Gasteiger partial charge in [-0.2, -0.15) is 0 Å². The molecule has 108 valence electrons. The van der Waals surface area contributed by atoms with E-state index in [0.717, 1.165) is 18.7 Å². The SMILES string of the molecule is CCCNC(C)c1ccc(OCC(O)COC)cc1. The Morgan fingerprint density at radius 2 is 1.89 bits per heavy atom. The minimum Gasteiger partial charge on any atom is -0.491 e. The Morgan fingerprint density at radius 1 is 1.21 bits per heavy atom. The van der Waals surface area contributed by atoms with Gasteiger partial charge in [-0.05, 0) is 37.6 Å². The molecular weight excluding hydrogens is 242 g/mol. The van der Waals surface area contributed by atoms with E-state index in [1.165, 1.54) is 5.56 Å². The van der Waals surface area contributed by atoms with E-state index < -0.39 is 6.10 Å². The standard InChI is InChI=1S/C15H25NO3/c1-4-9-16-12(2)13-5-7-15(8-6-13)19-11-14(17)10-18-3/h5-8,12,14,16-17H,4,9-11H2,1-3H3. The molecule has 0 fully saturated rings. The molecule has 0 saturated heterocycles. The van der Waals surface area contributed by atoms with Crippen LogP contribution in [-0.2, 0) is 4.74 Å². The van der Waals surface area contributed by atoms with Crippen LogP contribution in [0.15, 0.2) is 24.3 Å². The van der Waals surface area contributed by atoms with Crippen molar-refractivity contribution in [3.05, 3.63) is 29.8 Å². The molecule has 0 aromatic heterocycles. The van der Waals surface area contributed by atoms with E-state index in [4.69, 9.17) is 9.47 Å². The van der Waals surface area contributed by atoms with Gasteiger partial charge in [0.15, 0.2) is 0 Å². The molecule has 1 rings (SSSR count). The number of aliphatic hydroxyl groups is 1. The van der Waals surface area contributed by atoms with Gasteiger partial charge in [-0.15, -0.1) is 0 Å². The molecule has 0 bridgehead atoms. The van der Waals surface area contributed by atoms with Crippen LogP contribution in [0.4, 0.5) is 0 Å². The fraction of sp³-hybridized carbons (Fsp3) is 0.600. The molecule has 0 saturated carbocycles. The van der Waals surface area contributed by atoms with Crippen LogP contribution in [-0.4, -0.2) is 38.1 Å². The van der Waals surface area contributed by atoms with Crippen molar-refractivity contribution in [2.75, 3.05) is 26.9 Å². The van der Waals surface area contributed by atoms with Crippen molar-refractivity contribution >= 4 is 0 Å². The summed E-state index contributed by atoms with van der Waals surface area (Å²) in [5, 5.41) is 12.9. The second kappa shape index (κ2) is 8.91. The summed E-state index contributed by atoms with van der Waals surface area (Å²) < 4.78 is 10.3. The third-order valence-corrected chi connectivity index (χ3v) is 2.88. The van der Waals surface area contributed by atoms with E-state index in [2.05, 4.69) is 19.2 Å². The lowest BCUT2D eigenvalue weighted by molar-refractivity contribution is 0.0325.